The number of nitrogens with zero attached hydrogens (tertiary/aromatic N) is 2. The highest BCUT2D eigenvalue weighted by Gasteiger charge is 2.43. The highest BCUT2D eigenvalue weighted by atomic mass is 32.1. The average molecular weight is 415 g/mol. The van der Waals surface area contributed by atoms with Gasteiger partial charge in [0.25, 0.3) is 5.91 Å². The second-order valence-electron chi connectivity index (χ2n) is 7.51. The van der Waals surface area contributed by atoms with Crippen molar-refractivity contribution in [1.29, 1.82) is 0 Å². The van der Waals surface area contributed by atoms with Gasteiger partial charge in [-0.3, -0.25) is 9.59 Å². The first-order chi connectivity index (χ1) is 13.8. The predicted octanol–water partition coefficient (Wildman–Crippen LogP) is 3.68. The lowest BCUT2D eigenvalue weighted by Crippen LogP contribution is -2.36. The number of hydrogen-bond acceptors (Lipinski definition) is 6. The van der Waals surface area contributed by atoms with E-state index in [1.807, 2.05) is 57.1 Å². The third-order valence-corrected chi connectivity index (χ3v) is 5.50. The SMILES string of the molecule is CC(C)Oc1cccc(C2C(C(=O)c3cccs3)=C(O)C(=O)N2CCN(C)C)c1. The molecule has 0 saturated heterocycles. The highest BCUT2D eigenvalue weighted by molar-refractivity contribution is 7.12. The molecule has 1 aromatic carbocycles. The number of benzene rings is 1. The molecule has 1 amide bonds. The molecular formula is C22H26N2O4S. The standard InChI is InChI=1S/C22H26N2O4S/c1-14(2)28-16-8-5-7-15(13-16)19-18(20(25)17-9-6-12-29-17)21(26)22(27)24(19)11-10-23(3)4/h5-9,12-14,19,26H,10-11H2,1-4H3. The first-order valence-electron chi connectivity index (χ1n) is 9.53. The zero-order chi connectivity index (χ0) is 21.1. The molecular weight excluding hydrogens is 388 g/mol. The Morgan fingerprint density at radius 2 is 2.03 bits per heavy atom. The molecule has 2 heterocycles. The normalized spacial score (nSPS) is 17.0. The first-order valence-corrected chi connectivity index (χ1v) is 10.4. The Labute approximate surface area is 175 Å². The number of thiophene rings is 1. The van der Waals surface area contributed by atoms with Crippen LogP contribution in [0.25, 0.3) is 0 Å². The number of aliphatic hydroxyl groups is 1. The maximum atomic E-state index is 13.2. The van der Waals surface area contributed by atoms with Gasteiger partial charge in [-0.2, -0.15) is 0 Å². The predicted molar refractivity (Wildman–Crippen MR) is 114 cm³/mol. The number of Topliss-reactive ketones (excluding diaryl/α,β-unsaturated/α-hetero) is 1. The zero-order valence-electron chi connectivity index (χ0n) is 17.1. The highest BCUT2D eigenvalue weighted by Crippen LogP contribution is 2.40. The van der Waals surface area contributed by atoms with Crippen LogP contribution >= 0.6 is 11.3 Å². The van der Waals surface area contributed by atoms with Gasteiger partial charge in [0.05, 0.1) is 22.6 Å². The van der Waals surface area contributed by atoms with Crippen LogP contribution in [-0.2, 0) is 4.79 Å². The summed E-state index contributed by atoms with van der Waals surface area (Å²) in [6, 6.07) is 10.2. The van der Waals surface area contributed by atoms with E-state index in [0.717, 1.165) is 5.56 Å². The van der Waals surface area contributed by atoms with E-state index < -0.39 is 17.7 Å². The van der Waals surface area contributed by atoms with E-state index in [1.54, 1.807) is 22.4 Å². The number of aliphatic hydroxyl groups excluding tert-OH is 1. The Kier molecular flexibility index (Phi) is 6.39. The van der Waals surface area contributed by atoms with Crippen LogP contribution in [0.5, 0.6) is 5.75 Å². The van der Waals surface area contributed by atoms with Crippen LogP contribution in [0.3, 0.4) is 0 Å². The summed E-state index contributed by atoms with van der Waals surface area (Å²) in [4.78, 5) is 30.0. The van der Waals surface area contributed by atoms with E-state index in [4.69, 9.17) is 4.74 Å². The van der Waals surface area contributed by atoms with Gasteiger partial charge in [-0.1, -0.05) is 18.2 Å². The molecule has 6 nitrogen and oxygen atoms in total. The van der Waals surface area contributed by atoms with E-state index in [9.17, 15) is 14.7 Å². The third kappa shape index (κ3) is 4.52. The minimum absolute atomic E-state index is 0.00327. The molecule has 3 rings (SSSR count). The second kappa shape index (κ2) is 8.80. The zero-order valence-corrected chi connectivity index (χ0v) is 17.9. The van der Waals surface area contributed by atoms with Gasteiger partial charge >= 0.3 is 0 Å². The molecule has 1 aliphatic rings. The minimum atomic E-state index is -0.659. The number of carbonyl (C=O) groups is 2. The molecule has 2 aromatic rings. The largest absolute Gasteiger partial charge is 0.503 e. The van der Waals surface area contributed by atoms with Gasteiger partial charge in [-0.25, -0.2) is 0 Å². The Hall–Kier alpha value is -2.64. The summed E-state index contributed by atoms with van der Waals surface area (Å²) in [5.74, 6) is -0.653. The van der Waals surface area contributed by atoms with Crippen molar-refractivity contribution < 1.29 is 19.4 Å². The van der Waals surface area contributed by atoms with Crippen molar-refractivity contribution in [2.75, 3.05) is 27.2 Å². The molecule has 1 aromatic heterocycles. The average Bonchev–Trinajstić information content (AvgIpc) is 3.27. The van der Waals surface area contributed by atoms with Gasteiger partial charge < -0.3 is 19.6 Å². The molecule has 1 N–H and O–H groups in total. The topological polar surface area (TPSA) is 70.1 Å². The van der Waals surface area contributed by atoms with Gasteiger partial charge in [-0.15, -0.1) is 11.3 Å². The van der Waals surface area contributed by atoms with Crippen molar-refractivity contribution in [2.45, 2.75) is 26.0 Å². The third-order valence-electron chi connectivity index (χ3n) is 4.63. The lowest BCUT2D eigenvalue weighted by molar-refractivity contribution is -0.129. The smallest absolute Gasteiger partial charge is 0.290 e. The number of ether oxygens (including phenoxy) is 1. The number of carbonyl (C=O) groups excluding carboxylic acids is 2. The van der Waals surface area contributed by atoms with Crippen LogP contribution in [0.15, 0.2) is 53.1 Å². The number of amides is 1. The van der Waals surface area contributed by atoms with E-state index in [2.05, 4.69) is 0 Å². The number of ketones is 1. The van der Waals surface area contributed by atoms with Crippen LogP contribution in [-0.4, -0.2) is 59.9 Å². The van der Waals surface area contributed by atoms with Gasteiger partial charge in [0, 0.05) is 13.1 Å². The fraction of sp³-hybridized carbons (Fsp3) is 0.364. The summed E-state index contributed by atoms with van der Waals surface area (Å²) in [5, 5.41) is 12.4. The van der Waals surface area contributed by atoms with Gasteiger partial charge in [-0.05, 0) is 57.1 Å². The summed E-state index contributed by atoms with van der Waals surface area (Å²) < 4.78 is 5.80. The molecule has 154 valence electrons. The molecule has 0 radical (unpaired) electrons. The molecule has 1 atom stereocenters. The molecule has 29 heavy (non-hydrogen) atoms. The van der Waals surface area contributed by atoms with Crippen molar-refractivity contribution in [3.05, 3.63) is 63.6 Å². The first kappa shape index (κ1) is 21.1. The summed E-state index contributed by atoms with van der Waals surface area (Å²) >= 11 is 1.29. The van der Waals surface area contributed by atoms with Crippen LogP contribution < -0.4 is 4.74 Å². The molecule has 0 aliphatic carbocycles. The second-order valence-corrected chi connectivity index (χ2v) is 8.46. The molecule has 0 fully saturated rings. The van der Waals surface area contributed by atoms with Crippen molar-refractivity contribution in [3.63, 3.8) is 0 Å². The van der Waals surface area contributed by atoms with E-state index in [-0.39, 0.29) is 17.5 Å². The molecule has 1 unspecified atom stereocenters. The van der Waals surface area contributed by atoms with Gasteiger partial charge in [0.15, 0.2) is 5.76 Å². The fourth-order valence-corrected chi connectivity index (χ4v) is 4.02. The molecule has 0 spiro atoms. The lowest BCUT2D eigenvalue weighted by Gasteiger charge is -2.28. The summed E-state index contributed by atoms with van der Waals surface area (Å²) in [6.07, 6.45) is -0.00327. The molecule has 1 aliphatic heterocycles. The summed E-state index contributed by atoms with van der Waals surface area (Å²) in [7, 11) is 3.83. The number of hydrogen-bond donors (Lipinski definition) is 1. The Bertz CT molecular complexity index is 919. The minimum Gasteiger partial charge on any atom is -0.503 e. The number of likely N-dealkylation sites (N-methyl/N-ethyl adjacent to an activating group) is 1. The molecule has 0 saturated carbocycles. The van der Waals surface area contributed by atoms with Gasteiger partial charge in [0.1, 0.15) is 5.75 Å². The maximum Gasteiger partial charge on any atom is 0.290 e. The Morgan fingerprint density at radius 1 is 1.28 bits per heavy atom. The fourth-order valence-electron chi connectivity index (χ4n) is 3.34. The van der Waals surface area contributed by atoms with Crippen LogP contribution in [0.2, 0.25) is 0 Å². The van der Waals surface area contributed by atoms with Crippen LogP contribution in [0, 0.1) is 0 Å². The molecule has 7 heteroatoms. The van der Waals surface area contributed by atoms with Crippen molar-refractivity contribution in [2.24, 2.45) is 0 Å². The molecule has 0 bridgehead atoms. The van der Waals surface area contributed by atoms with E-state index >= 15 is 0 Å². The Morgan fingerprint density at radius 3 is 2.66 bits per heavy atom. The summed E-state index contributed by atoms with van der Waals surface area (Å²) in [6.45, 7) is 4.87. The van der Waals surface area contributed by atoms with Crippen LogP contribution in [0.4, 0.5) is 0 Å². The van der Waals surface area contributed by atoms with E-state index in [1.165, 1.54) is 11.3 Å². The van der Waals surface area contributed by atoms with Gasteiger partial charge in [0.2, 0.25) is 5.78 Å². The lowest BCUT2D eigenvalue weighted by atomic mass is 9.95. The van der Waals surface area contributed by atoms with Crippen molar-refractivity contribution in [3.8, 4) is 5.75 Å². The Balaban J connectivity index is 2.05. The van der Waals surface area contributed by atoms with Crippen molar-refractivity contribution in [1.82, 2.24) is 9.80 Å². The maximum absolute atomic E-state index is 13.2. The van der Waals surface area contributed by atoms with Crippen LogP contribution in [0.1, 0.15) is 35.1 Å². The van der Waals surface area contributed by atoms with E-state index in [0.29, 0.717) is 23.7 Å². The summed E-state index contributed by atoms with van der Waals surface area (Å²) in [5.41, 5.74) is 0.858. The number of rotatable bonds is 8. The monoisotopic (exact) mass is 414 g/mol. The van der Waals surface area contributed by atoms with Crippen molar-refractivity contribution >= 4 is 23.0 Å². The quantitative estimate of drug-likeness (QED) is 0.668.